The van der Waals surface area contributed by atoms with Gasteiger partial charge in [0.2, 0.25) is 0 Å². The van der Waals surface area contributed by atoms with Gasteiger partial charge in [-0.1, -0.05) is 26.2 Å². The van der Waals surface area contributed by atoms with Gasteiger partial charge >= 0.3 is 0 Å². The summed E-state index contributed by atoms with van der Waals surface area (Å²) in [6.07, 6.45) is 6.08. The highest BCUT2D eigenvalue weighted by Gasteiger charge is 2.14. The third-order valence-corrected chi connectivity index (χ3v) is 3.57. The Morgan fingerprint density at radius 2 is 1.90 bits per heavy atom. The molecule has 1 rings (SSSR count). The van der Waals surface area contributed by atoms with Crippen molar-refractivity contribution in [2.45, 2.75) is 71.9 Å². The molecule has 0 fully saturated rings. The largest absolute Gasteiger partial charge is 0.490 e. The van der Waals surface area contributed by atoms with Crippen LogP contribution < -0.4 is 10.5 Å². The first-order chi connectivity index (χ1) is 9.45. The van der Waals surface area contributed by atoms with Gasteiger partial charge in [0.25, 0.3) is 0 Å². The molecule has 20 heavy (non-hydrogen) atoms. The minimum Gasteiger partial charge on any atom is -0.490 e. The average Bonchev–Trinajstić information content (AvgIpc) is 2.38. The van der Waals surface area contributed by atoms with Crippen molar-refractivity contribution in [2.24, 2.45) is 5.73 Å². The molecule has 0 aliphatic carbocycles. The number of nitrogens with two attached hydrogens (primary N) is 1. The highest BCUT2D eigenvalue weighted by molar-refractivity contribution is 5.40. The molecule has 3 heteroatoms. The molecule has 0 aromatic heterocycles. The Morgan fingerprint density at radius 1 is 1.20 bits per heavy atom. The van der Waals surface area contributed by atoms with Crippen molar-refractivity contribution >= 4 is 0 Å². The number of benzene rings is 1. The van der Waals surface area contributed by atoms with E-state index in [1.54, 1.807) is 13.0 Å². The number of unbranched alkanes of at least 4 members (excludes halogenated alkanes) is 3. The van der Waals surface area contributed by atoms with E-state index in [0.717, 1.165) is 17.7 Å². The number of hydrogen-bond acceptors (Lipinski definition) is 2. The van der Waals surface area contributed by atoms with Crippen molar-refractivity contribution in [2.75, 3.05) is 0 Å². The zero-order chi connectivity index (χ0) is 15.1. The Hall–Kier alpha value is -1.09. The van der Waals surface area contributed by atoms with E-state index < -0.39 is 0 Å². The van der Waals surface area contributed by atoms with E-state index in [1.807, 2.05) is 6.92 Å². The molecule has 1 aromatic rings. The zero-order valence-corrected chi connectivity index (χ0v) is 13.2. The summed E-state index contributed by atoms with van der Waals surface area (Å²) in [4.78, 5) is 0. The van der Waals surface area contributed by atoms with Crippen LogP contribution in [0.4, 0.5) is 4.39 Å². The second kappa shape index (κ2) is 8.25. The zero-order valence-electron chi connectivity index (χ0n) is 13.2. The number of ether oxygens (including phenoxy) is 1. The standard InChI is InChI=1S/C17H28FNO/c1-5-6-7-8-9-13(3)20-17-10-12(2)16(18)11-15(17)14(4)19/h10-11,13-14H,5-9,19H2,1-4H3/t13?,14-/m1/s1. The summed E-state index contributed by atoms with van der Waals surface area (Å²) in [5.41, 5.74) is 7.25. The lowest BCUT2D eigenvalue weighted by Gasteiger charge is -2.20. The van der Waals surface area contributed by atoms with Crippen LogP contribution in [0.5, 0.6) is 5.75 Å². The fourth-order valence-electron chi connectivity index (χ4n) is 2.26. The first-order valence-electron chi connectivity index (χ1n) is 7.68. The van der Waals surface area contributed by atoms with E-state index in [2.05, 4.69) is 13.8 Å². The summed E-state index contributed by atoms with van der Waals surface area (Å²) in [6.45, 7) is 7.87. The van der Waals surface area contributed by atoms with Gasteiger partial charge in [-0.05, 0) is 51.3 Å². The van der Waals surface area contributed by atoms with Crippen LogP contribution in [0.1, 0.15) is 70.0 Å². The van der Waals surface area contributed by atoms with Gasteiger partial charge in [0.1, 0.15) is 11.6 Å². The Balaban J connectivity index is 2.68. The summed E-state index contributed by atoms with van der Waals surface area (Å²) in [5.74, 6) is 0.502. The van der Waals surface area contributed by atoms with Crippen LogP contribution in [-0.4, -0.2) is 6.10 Å². The fraction of sp³-hybridized carbons (Fsp3) is 0.647. The lowest BCUT2D eigenvalue weighted by Crippen LogP contribution is -2.15. The molecule has 2 N–H and O–H groups in total. The molecule has 0 amide bonds. The molecule has 2 atom stereocenters. The molecule has 0 spiro atoms. The molecule has 0 aliphatic rings. The van der Waals surface area contributed by atoms with Crippen molar-refractivity contribution in [3.63, 3.8) is 0 Å². The van der Waals surface area contributed by atoms with E-state index in [4.69, 9.17) is 10.5 Å². The molecule has 1 unspecified atom stereocenters. The fourth-order valence-corrected chi connectivity index (χ4v) is 2.26. The van der Waals surface area contributed by atoms with Gasteiger partial charge in [0.05, 0.1) is 6.10 Å². The topological polar surface area (TPSA) is 35.2 Å². The Bertz CT molecular complexity index is 418. The van der Waals surface area contributed by atoms with Crippen LogP contribution in [0.15, 0.2) is 12.1 Å². The van der Waals surface area contributed by atoms with Gasteiger partial charge in [-0.3, -0.25) is 0 Å². The maximum Gasteiger partial charge on any atom is 0.126 e. The monoisotopic (exact) mass is 281 g/mol. The van der Waals surface area contributed by atoms with Gasteiger partial charge in [0, 0.05) is 11.6 Å². The second-order valence-electron chi connectivity index (χ2n) is 5.71. The van der Waals surface area contributed by atoms with Crippen LogP contribution in [0.2, 0.25) is 0 Å². The quantitative estimate of drug-likeness (QED) is 0.688. The Kier molecular flexibility index (Phi) is 7.00. The minimum absolute atomic E-state index is 0.134. The van der Waals surface area contributed by atoms with Gasteiger partial charge in [-0.15, -0.1) is 0 Å². The van der Waals surface area contributed by atoms with E-state index in [9.17, 15) is 4.39 Å². The third-order valence-electron chi connectivity index (χ3n) is 3.57. The van der Waals surface area contributed by atoms with Crippen molar-refractivity contribution in [1.29, 1.82) is 0 Å². The van der Waals surface area contributed by atoms with E-state index >= 15 is 0 Å². The highest BCUT2D eigenvalue weighted by atomic mass is 19.1. The predicted molar refractivity (Wildman–Crippen MR) is 82.6 cm³/mol. The molecule has 0 saturated heterocycles. The molecule has 0 radical (unpaired) electrons. The summed E-state index contributed by atoms with van der Waals surface area (Å²) in [5, 5.41) is 0. The van der Waals surface area contributed by atoms with Gasteiger partial charge in [0.15, 0.2) is 0 Å². The number of rotatable bonds is 8. The summed E-state index contributed by atoms with van der Waals surface area (Å²) in [6, 6.07) is 3.03. The molecule has 0 heterocycles. The number of aryl methyl sites for hydroxylation is 1. The molecule has 114 valence electrons. The Labute approximate surface area is 122 Å². The lowest BCUT2D eigenvalue weighted by atomic mass is 10.0. The SMILES string of the molecule is CCCCCCC(C)Oc1cc(C)c(F)cc1[C@@H](C)N. The van der Waals surface area contributed by atoms with E-state index in [-0.39, 0.29) is 18.0 Å². The second-order valence-corrected chi connectivity index (χ2v) is 5.71. The van der Waals surface area contributed by atoms with Crippen LogP contribution in [0.25, 0.3) is 0 Å². The molecule has 0 aliphatic heterocycles. The van der Waals surface area contributed by atoms with Crippen molar-refractivity contribution in [1.82, 2.24) is 0 Å². The van der Waals surface area contributed by atoms with Crippen LogP contribution in [-0.2, 0) is 0 Å². The summed E-state index contributed by atoms with van der Waals surface area (Å²) >= 11 is 0. The van der Waals surface area contributed by atoms with Gasteiger partial charge in [-0.25, -0.2) is 4.39 Å². The average molecular weight is 281 g/mol. The summed E-state index contributed by atoms with van der Waals surface area (Å²) < 4.78 is 19.6. The van der Waals surface area contributed by atoms with E-state index in [0.29, 0.717) is 5.56 Å². The van der Waals surface area contributed by atoms with Crippen LogP contribution >= 0.6 is 0 Å². The third kappa shape index (κ3) is 5.12. The highest BCUT2D eigenvalue weighted by Crippen LogP contribution is 2.28. The first kappa shape index (κ1) is 17.0. The Morgan fingerprint density at radius 3 is 2.50 bits per heavy atom. The molecule has 0 bridgehead atoms. The predicted octanol–water partition coefficient (Wildman–Crippen LogP) is 4.89. The van der Waals surface area contributed by atoms with Gasteiger partial charge in [-0.2, -0.15) is 0 Å². The molecule has 0 saturated carbocycles. The van der Waals surface area contributed by atoms with E-state index in [1.165, 1.54) is 31.7 Å². The normalized spacial score (nSPS) is 14.1. The molecule has 2 nitrogen and oxygen atoms in total. The minimum atomic E-state index is -0.229. The number of hydrogen-bond donors (Lipinski definition) is 1. The van der Waals surface area contributed by atoms with Crippen LogP contribution in [0, 0.1) is 12.7 Å². The maximum atomic E-state index is 13.6. The number of halogens is 1. The molecule has 1 aromatic carbocycles. The van der Waals surface area contributed by atoms with Crippen LogP contribution in [0.3, 0.4) is 0 Å². The maximum absolute atomic E-state index is 13.6. The van der Waals surface area contributed by atoms with Crippen molar-refractivity contribution in [3.05, 3.63) is 29.1 Å². The molecular weight excluding hydrogens is 253 g/mol. The summed E-state index contributed by atoms with van der Waals surface area (Å²) in [7, 11) is 0. The van der Waals surface area contributed by atoms with Crippen molar-refractivity contribution in [3.8, 4) is 5.75 Å². The lowest BCUT2D eigenvalue weighted by molar-refractivity contribution is 0.203. The van der Waals surface area contributed by atoms with Gasteiger partial charge < -0.3 is 10.5 Å². The molecular formula is C17H28FNO. The first-order valence-corrected chi connectivity index (χ1v) is 7.68. The smallest absolute Gasteiger partial charge is 0.126 e. The van der Waals surface area contributed by atoms with Crippen molar-refractivity contribution < 1.29 is 9.13 Å².